The van der Waals surface area contributed by atoms with Crippen molar-refractivity contribution >= 4 is 10.9 Å². The van der Waals surface area contributed by atoms with Crippen molar-refractivity contribution in [2.75, 3.05) is 0 Å². The highest BCUT2D eigenvalue weighted by Gasteiger charge is 2.14. The lowest BCUT2D eigenvalue weighted by Gasteiger charge is -2.09. The van der Waals surface area contributed by atoms with Crippen LogP contribution >= 0.6 is 0 Å². The summed E-state index contributed by atoms with van der Waals surface area (Å²) in [5, 5.41) is -0.249. The molecule has 0 aliphatic rings. The summed E-state index contributed by atoms with van der Waals surface area (Å²) in [7, 11) is 0. The first kappa shape index (κ1) is 14.1. The Balaban J connectivity index is 2.24. The van der Waals surface area contributed by atoms with Gasteiger partial charge in [0.15, 0.2) is 11.6 Å². The minimum absolute atomic E-state index is 0.0789. The second-order valence-electron chi connectivity index (χ2n) is 4.65. The predicted molar refractivity (Wildman–Crippen MR) is 72.2 cm³/mol. The summed E-state index contributed by atoms with van der Waals surface area (Å²) < 4.78 is 45.0. The molecule has 0 saturated carbocycles. The summed E-state index contributed by atoms with van der Waals surface area (Å²) in [4.78, 5) is 23.4. The van der Waals surface area contributed by atoms with Crippen LogP contribution in [-0.2, 0) is 6.54 Å². The Morgan fingerprint density at radius 1 is 0.955 bits per heavy atom. The molecule has 2 aromatic carbocycles. The SMILES string of the molecule is O=c1oc(=O)n(Cc2ccc(F)cc2)c2cc(F)c(F)cc12. The van der Waals surface area contributed by atoms with E-state index in [4.69, 9.17) is 0 Å². The Kier molecular flexibility index (Phi) is 3.32. The molecule has 0 fully saturated rings. The third-order valence-electron chi connectivity index (χ3n) is 3.20. The molecule has 0 amide bonds. The van der Waals surface area contributed by atoms with Crippen LogP contribution in [0, 0.1) is 17.5 Å². The number of rotatable bonds is 2. The van der Waals surface area contributed by atoms with Crippen molar-refractivity contribution in [2.45, 2.75) is 6.54 Å². The zero-order valence-electron chi connectivity index (χ0n) is 11.0. The molecular formula is C15H8F3NO3. The van der Waals surface area contributed by atoms with Crippen molar-refractivity contribution in [3.05, 3.63) is 80.4 Å². The normalized spacial score (nSPS) is 11.0. The second-order valence-corrected chi connectivity index (χ2v) is 4.65. The number of hydrogen-bond acceptors (Lipinski definition) is 3. The van der Waals surface area contributed by atoms with E-state index in [9.17, 15) is 22.8 Å². The molecule has 0 aliphatic heterocycles. The van der Waals surface area contributed by atoms with Gasteiger partial charge in [-0.15, -0.1) is 0 Å². The van der Waals surface area contributed by atoms with Crippen LogP contribution in [0.3, 0.4) is 0 Å². The number of benzene rings is 2. The average Bonchev–Trinajstić information content (AvgIpc) is 2.47. The van der Waals surface area contributed by atoms with E-state index in [0.717, 1.165) is 10.6 Å². The lowest BCUT2D eigenvalue weighted by Crippen LogP contribution is -2.25. The molecule has 0 atom stereocenters. The Hall–Kier alpha value is -2.83. The van der Waals surface area contributed by atoms with E-state index in [-0.39, 0.29) is 17.4 Å². The number of hydrogen-bond donors (Lipinski definition) is 0. The third kappa shape index (κ3) is 2.41. The molecule has 0 bridgehead atoms. The number of aromatic nitrogens is 1. The zero-order chi connectivity index (χ0) is 15.9. The lowest BCUT2D eigenvalue weighted by molar-refractivity contribution is 0.423. The molecule has 0 aliphatic carbocycles. The summed E-state index contributed by atoms with van der Waals surface area (Å²) in [6.07, 6.45) is 0. The number of halogens is 3. The zero-order valence-corrected chi connectivity index (χ0v) is 11.0. The smallest absolute Gasteiger partial charge is 0.372 e. The molecule has 0 unspecified atom stereocenters. The van der Waals surface area contributed by atoms with Crippen molar-refractivity contribution in [3.63, 3.8) is 0 Å². The summed E-state index contributed by atoms with van der Waals surface area (Å²) in [6, 6.07) is 6.69. The van der Waals surface area contributed by atoms with E-state index < -0.39 is 28.8 Å². The molecule has 1 aromatic heterocycles. The van der Waals surface area contributed by atoms with Crippen molar-refractivity contribution in [1.29, 1.82) is 0 Å². The van der Waals surface area contributed by atoms with E-state index in [1.54, 1.807) is 0 Å². The predicted octanol–water partition coefficient (Wildman–Crippen LogP) is 2.42. The van der Waals surface area contributed by atoms with E-state index in [2.05, 4.69) is 4.42 Å². The van der Waals surface area contributed by atoms with Crippen molar-refractivity contribution in [2.24, 2.45) is 0 Å². The van der Waals surface area contributed by atoms with Gasteiger partial charge in [0.1, 0.15) is 5.82 Å². The summed E-state index contributed by atoms with van der Waals surface area (Å²) in [6.45, 7) is -0.0789. The molecule has 3 aromatic rings. The summed E-state index contributed by atoms with van der Waals surface area (Å²) >= 11 is 0. The minimum Gasteiger partial charge on any atom is -0.372 e. The standard InChI is InChI=1S/C15H8F3NO3/c16-9-3-1-8(2-4-9)7-19-13-6-12(18)11(17)5-10(13)14(20)22-15(19)21/h1-6H,7H2. The molecule has 22 heavy (non-hydrogen) atoms. The van der Waals surface area contributed by atoms with Gasteiger partial charge in [0.25, 0.3) is 0 Å². The monoisotopic (exact) mass is 307 g/mol. The van der Waals surface area contributed by atoms with Gasteiger partial charge in [0.05, 0.1) is 17.4 Å². The van der Waals surface area contributed by atoms with Crippen LogP contribution in [0.25, 0.3) is 10.9 Å². The Morgan fingerprint density at radius 2 is 1.59 bits per heavy atom. The highest BCUT2D eigenvalue weighted by atomic mass is 19.2. The first-order chi connectivity index (χ1) is 10.5. The largest absolute Gasteiger partial charge is 0.422 e. The van der Waals surface area contributed by atoms with Gasteiger partial charge in [-0.3, -0.25) is 4.57 Å². The summed E-state index contributed by atoms with van der Waals surface area (Å²) in [5.74, 6) is -3.86. The van der Waals surface area contributed by atoms with Crippen LogP contribution in [-0.4, -0.2) is 4.57 Å². The Morgan fingerprint density at radius 3 is 2.27 bits per heavy atom. The van der Waals surface area contributed by atoms with Crippen molar-refractivity contribution in [3.8, 4) is 0 Å². The van der Waals surface area contributed by atoms with Gasteiger partial charge < -0.3 is 4.42 Å². The summed E-state index contributed by atoms with van der Waals surface area (Å²) in [5.41, 5.74) is -0.609. The van der Waals surface area contributed by atoms with Gasteiger partial charge in [-0.05, 0) is 23.8 Å². The fraction of sp³-hybridized carbons (Fsp3) is 0.0667. The number of nitrogens with zero attached hydrogens (tertiary/aromatic N) is 1. The van der Waals surface area contributed by atoms with E-state index in [1.807, 2.05) is 0 Å². The third-order valence-corrected chi connectivity index (χ3v) is 3.20. The Bertz CT molecular complexity index is 974. The first-order valence-electron chi connectivity index (χ1n) is 6.23. The van der Waals surface area contributed by atoms with Crippen LogP contribution in [0.5, 0.6) is 0 Å². The van der Waals surface area contributed by atoms with Crippen LogP contribution in [0.1, 0.15) is 5.56 Å². The van der Waals surface area contributed by atoms with Crippen LogP contribution < -0.4 is 11.4 Å². The molecule has 4 nitrogen and oxygen atoms in total. The minimum atomic E-state index is -1.22. The quantitative estimate of drug-likeness (QED) is 0.730. The van der Waals surface area contributed by atoms with E-state index in [1.165, 1.54) is 24.3 Å². The van der Waals surface area contributed by atoms with E-state index in [0.29, 0.717) is 11.6 Å². The molecule has 0 saturated heterocycles. The number of fused-ring (bicyclic) bond motifs is 1. The van der Waals surface area contributed by atoms with Gasteiger partial charge in [-0.2, -0.15) is 0 Å². The van der Waals surface area contributed by atoms with Gasteiger partial charge in [0.2, 0.25) is 0 Å². The van der Waals surface area contributed by atoms with Gasteiger partial charge >= 0.3 is 11.4 Å². The van der Waals surface area contributed by atoms with E-state index >= 15 is 0 Å². The van der Waals surface area contributed by atoms with Crippen LogP contribution in [0.4, 0.5) is 13.2 Å². The van der Waals surface area contributed by atoms with Gasteiger partial charge in [-0.1, -0.05) is 12.1 Å². The fourth-order valence-electron chi connectivity index (χ4n) is 2.13. The maximum atomic E-state index is 13.4. The van der Waals surface area contributed by atoms with Gasteiger partial charge in [0, 0.05) is 6.07 Å². The molecule has 0 N–H and O–H groups in total. The van der Waals surface area contributed by atoms with Crippen molar-refractivity contribution in [1.82, 2.24) is 4.57 Å². The highest BCUT2D eigenvalue weighted by molar-refractivity contribution is 5.77. The van der Waals surface area contributed by atoms with Crippen molar-refractivity contribution < 1.29 is 17.6 Å². The maximum Gasteiger partial charge on any atom is 0.422 e. The molecule has 7 heteroatoms. The Labute approximate surface area is 121 Å². The second kappa shape index (κ2) is 5.18. The van der Waals surface area contributed by atoms with Crippen LogP contribution in [0.2, 0.25) is 0 Å². The van der Waals surface area contributed by atoms with Crippen LogP contribution in [0.15, 0.2) is 50.4 Å². The average molecular weight is 307 g/mol. The molecule has 3 rings (SSSR count). The molecule has 0 spiro atoms. The molecule has 112 valence electrons. The fourth-order valence-corrected chi connectivity index (χ4v) is 2.13. The molecule has 0 radical (unpaired) electrons. The molecular weight excluding hydrogens is 299 g/mol. The molecule has 1 heterocycles. The topological polar surface area (TPSA) is 52.2 Å². The maximum absolute atomic E-state index is 13.4. The lowest BCUT2D eigenvalue weighted by atomic mass is 10.2. The van der Waals surface area contributed by atoms with Gasteiger partial charge in [-0.25, -0.2) is 22.8 Å². The highest BCUT2D eigenvalue weighted by Crippen LogP contribution is 2.15. The first-order valence-corrected chi connectivity index (χ1v) is 6.23.